The van der Waals surface area contributed by atoms with E-state index in [4.69, 9.17) is 56.9 Å². The number of Topliss-reactive ketones (excluding diaryl/α,β-unsaturated/α-hetero) is 1. The fourth-order valence-electron chi connectivity index (χ4n) is 18.0. The molecule has 16 unspecified atom stereocenters. The maximum Gasteiger partial charge on any atom is 0.259 e. The molecule has 3 aliphatic rings. The minimum Gasteiger partial charge on any atom is -0.488 e. The van der Waals surface area contributed by atoms with Gasteiger partial charge in [0.15, 0.2) is 30.4 Å². The smallest absolute Gasteiger partial charge is 0.259 e. The van der Waals surface area contributed by atoms with E-state index in [1.165, 1.54) is 52.9 Å². The molecule has 0 radical (unpaired) electrons. The van der Waals surface area contributed by atoms with Gasteiger partial charge < -0.3 is 130 Å². The molecular weight excluding hydrogens is 1840 g/mol. The zero-order chi connectivity index (χ0) is 103. The number of rotatable bonds is 89. The van der Waals surface area contributed by atoms with Gasteiger partial charge in [-0.05, 0) is 97.6 Å². The number of carbonyl (C=O) groups excluding carboxylic acids is 7. The molecule has 3 aliphatic heterocycles. The first-order valence-corrected chi connectivity index (χ1v) is 55.5. The lowest BCUT2D eigenvalue weighted by atomic mass is 9.97. The summed E-state index contributed by atoms with van der Waals surface area (Å²) in [6.07, 6.45) is 36.9. The van der Waals surface area contributed by atoms with Crippen molar-refractivity contribution in [3.63, 3.8) is 0 Å². The monoisotopic (exact) mass is 2030 g/mol. The Hall–Kier alpha value is -5.69. The number of unbranched alkanes of at least 4 members (excludes halogenated alkanes) is 43. The third-order valence-electron chi connectivity index (χ3n) is 26.0. The molecule has 35 nitrogen and oxygen atoms in total. The second kappa shape index (κ2) is 81.3. The molecule has 3 saturated heterocycles. The van der Waals surface area contributed by atoms with E-state index in [2.05, 4.69) is 70.3 Å². The SMILES string of the molecule is CC(=O)NC1C(OCCCCCCCCCCCCCCCC(=O)CCCOc2c(OCCNC(=O)CCCCCCCCCCCCCCCOC3OC(CO)C(O)C(O)C3NC(C)=O)cc(C(=O)NCCCCCCCCCCOP(OCCC#N)N(C(C)C)C(C)C)cc2OCCNC(=O)CCCCCCCCCCCCCCCOC2OC(CO)C(O)C(O)C2NC(C)=O)OC(CO)C(O)C1O. The lowest BCUT2D eigenvalue weighted by Gasteiger charge is -2.42. The third kappa shape index (κ3) is 57.4. The maximum atomic E-state index is 14.2. The van der Waals surface area contributed by atoms with Crippen molar-refractivity contribution in [1.82, 2.24) is 36.6 Å². The first-order valence-electron chi connectivity index (χ1n) is 54.4. The molecule has 15 N–H and O–H groups in total. The topological polar surface area (TPSA) is 502 Å². The van der Waals surface area contributed by atoms with Gasteiger partial charge in [-0.25, -0.2) is 4.67 Å². The van der Waals surface area contributed by atoms with Crippen LogP contribution in [0.2, 0.25) is 0 Å². The van der Waals surface area contributed by atoms with Gasteiger partial charge in [0.2, 0.25) is 35.3 Å². The predicted molar refractivity (Wildman–Crippen MR) is 541 cm³/mol. The van der Waals surface area contributed by atoms with Crippen LogP contribution in [0.25, 0.3) is 0 Å². The van der Waals surface area contributed by atoms with E-state index in [0.717, 1.165) is 270 Å². The molecule has 0 bridgehead atoms. The molecule has 141 heavy (non-hydrogen) atoms. The first kappa shape index (κ1) is 128. The highest BCUT2D eigenvalue weighted by Crippen LogP contribution is 2.46. The van der Waals surface area contributed by atoms with E-state index >= 15 is 0 Å². The molecule has 4 rings (SSSR count). The number of ether oxygens (including phenoxy) is 9. The van der Waals surface area contributed by atoms with Crippen LogP contribution in [0.3, 0.4) is 0 Å². The molecule has 1 aromatic rings. The third-order valence-corrected chi connectivity index (χ3v) is 28.1. The van der Waals surface area contributed by atoms with Crippen LogP contribution in [-0.4, -0.2) is 288 Å². The lowest BCUT2D eigenvalue weighted by molar-refractivity contribution is -0.270. The number of carbonyl (C=O) groups is 7. The number of hydrogen-bond acceptors (Lipinski definition) is 29. The van der Waals surface area contributed by atoms with Crippen molar-refractivity contribution in [2.75, 3.05) is 92.3 Å². The quantitative estimate of drug-likeness (QED) is 0.0213. The van der Waals surface area contributed by atoms with E-state index in [0.29, 0.717) is 78.1 Å². The van der Waals surface area contributed by atoms with Gasteiger partial charge in [0.1, 0.15) is 92.1 Å². The summed E-state index contributed by atoms with van der Waals surface area (Å²) in [6.45, 7) is 14.1. The van der Waals surface area contributed by atoms with E-state index in [-0.39, 0.29) is 91.3 Å². The van der Waals surface area contributed by atoms with Crippen LogP contribution >= 0.6 is 8.53 Å². The number of nitrogens with one attached hydrogen (secondary N) is 6. The number of aliphatic hydroxyl groups is 9. The van der Waals surface area contributed by atoms with Crippen LogP contribution in [0.1, 0.15) is 399 Å². The molecule has 16 atom stereocenters. The average Bonchev–Trinajstić information content (AvgIpc) is 0.827. The standard InChI is InChI=1S/C105H189N8O27P/c1-78(2)113(79(3)4)141(137-70-56-61-106)136-69-54-46-38-30-26-34-42-50-62-109-102(129)83-73-85(130-71-63-107-90(121)59-48-40-32-24-18-12-9-15-21-28-36-44-52-66-134-104-93(111-81(6)118)99(127)96(124)88(76-115)139-104)101(132-68-55-58-84(120)57-47-39-31-23-17-11-8-14-20-27-35-43-51-65-133-103-92(110-80(5)117)98(126)95(123)87(75-114)138-103)86(74-83)131-72-64-108-91(122)60-49-41-33-25-19-13-10-16-22-29-37-45-53-67-135-105-94(112-82(7)119)100(128)97(125)89(77-116)140-105/h73-74,78-79,87-89,92-100,103-105,114-116,123-128H,8-60,62-72,75-77H2,1-7H3,(H,107,121)(H,108,122)(H,109,129)(H,110,117)(H,111,118)(H,112,119). The molecule has 1 aromatic carbocycles. The highest BCUT2D eigenvalue weighted by atomic mass is 31.2. The number of hydrogen-bond donors (Lipinski definition) is 15. The summed E-state index contributed by atoms with van der Waals surface area (Å²) in [7, 11) is -1.26. The highest BCUT2D eigenvalue weighted by molar-refractivity contribution is 7.44. The largest absolute Gasteiger partial charge is 0.488 e. The normalized spacial score (nSPS) is 21.6. The van der Waals surface area contributed by atoms with Crippen LogP contribution in [0.5, 0.6) is 17.2 Å². The Labute approximate surface area is 844 Å². The summed E-state index contributed by atoms with van der Waals surface area (Å²) < 4.78 is 68.5. The van der Waals surface area contributed by atoms with Crippen molar-refractivity contribution >= 4 is 49.8 Å². The van der Waals surface area contributed by atoms with Crippen LogP contribution in [0.15, 0.2) is 12.1 Å². The summed E-state index contributed by atoms with van der Waals surface area (Å²) in [5, 5.41) is 117. The van der Waals surface area contributed by atoms with Crippen molar-refractivity contribution in [1.29, 1.82) is 5.26 Å². The summed E-state index contributed by atoms with van der Waals surface area (Å²) in [4.78, 5) is 89.4. The van der Waals surface area contributed by atoms with Crippen LogP contribution in [0, 0.1) is 11.3 Å². The number of nitrogens with zero attached hydrogens (tertiary/aromatic N) is 2. The van der Waals surface area contributed by atoms with Crippen LogP contribution < -0.4 is 46.1 Å². The number of aliphatic hydroxyl groups excluding tert-OH is 9. The Morgan fingerprint density at radius 1 is 0.355 bits per heavy atom. The fraction of sp³-hybridized carbons (Fsp3) is 0.867. The van der Waals surface area contributed by atoms with Gasteiger partial charge in [-0.1, -0.05) is 250 Å². The van der Waals surface area contributed by atoms with Gasteiger partial charge in [-0.3, -0.25) is 33.6 Å². The van der Waals surface area contributed by atoms with Gasteiger partial charge in [0.25, 0.3) is 14.4 Å². The predicted octanol–water partition coefficient (Wildman–Crippen LogP) is 13.8. The van der Waals surface area contributed by atoms with E-state index in [1.807, 2.05) is 0 Å². The average molecular weight is 2030 g/mol. The minimum atomic E-state index is -1.35. The first-order chi connectivity index (χ1) is 68.3. The number of nitriles is 1. The molecule has 0 aromatic heterocycles. The maximum absolute atomic E-state index is 14.2. The Bertz CT molecular complexity index is 3320. The highest BCUT2D eigenvalue weighted by Gasteiger charge is 2.48. The van der Waals surface area contributed by atoms with Gasteiger partial charge in [0, 0.05) is 90.5 Å². The summed E-state index contributed by atoms with van der Waals surface area (Å²) in [6, 6.07) is 3.08. The summed E-state index contributed by atoms with van der Waals surface area (Å²) in [5.74, 6) is -0.757. The van der Waals surface area contributed by atoms with Crippen LogP contribution in [-0.2, 0) is 66.2 Å². The number of benzene rings is 1. The van der Waals surface area contributed by atoms with Gasteiger partial charge in [-0.2, -0.15) is 5.26 Å². The van der Waals surface area contributed by atoms with Gasteiger partial charge >= 0.3 is 0 Å². The second-order valence-corrected chi connectivity index (χ2v) is 40.6. The van der Waals surface area contributed by atoms with Crippen LogP contribution in [0.4, 0.5) is 0 Å². The summed E-state index contributed by atoms with van der Waals surface area (Å²) >= 11 is 0. The Morgan fingerprint density at radius 2 is 0.645 bits per heavy atom. The fourth-order valence-corrected chi connectivity index (χ4v) is 19.7. The number of amides is 6. The molecule has 3 heterocycles. The van der Waals surface area contributed by atoms with Crippen molar-refractivity contribution in [3.05, 3.63) is 17.7 Å². The van der Waals surface area contributed by atoms with E-state index < -0.39 is 138 Å². The molecule has 6 amide bonds. The van der Waals surface area contributed by atoms with E-state index in [9.17, 15) is 79.5 Å². The summed E-state index contributed by atoms with van der Waals surface area (Å²) in [5.41, 5.74) is 0.289. The van der Waals surface area contributed by atoms with Crippen molar-refractivity contribution in [2.24, 2.45) is 0 Å². The Balaban J connectivity index is 1.27. The Morgan fingerprint density at radius 3 is 0.957 bits per heavy atom. The number of ketones is 1. The lowest BCUT2D eigenvalue weighted by Crippen LogP contribution is -2.64. The zero-order valence-electron chi connectivity index (χ0n) is 87.1. The molecule has 36 heteroatoms. The molecule has 0 spiro atoms. The molecule has 816 valence electrons. The molecule has 0 saturated carbocycles. The van der Waals surface area contributed by atoms with Crippen molar-refractivity contribution in [2.45, 2.75) is 493 Å². The van der Waals surface area contributed by atoms with Gasteiger partial charge in [0.05, 0.1) is 65.2 Å². The Kier molecular flexibility index (Phi) is 73.6. The minimum absolute atomic E-state index is 0.0611. The zero-order valence-corrected chi connectivity index (χ0v) is 88.0. The van der Waals surface area contributed by atoms with Crippen molar-refractivity contribution in [3.8, 4) is 23.3 Å². The second-order valence-electron chi connectivity index (χ2n) is 39.1. The molecule has 3 fully saturated rings. The molecule has 0 aliphatic carbocycles. The molecular formula is C105H189N8O27P. The van der Waals surface area contributed by atoms with Gasteiger partial charge in [-0.15, -0.1) is 0 Å². The van der Waals surface area contributed by atoms with E-state index in [1.54, 1.807) is 12.1 Å². The van der Waals surface area contributed by atoms with Crippen molar-refractivity contribution < 1.29 is 131 Å².